The predicted octanol–water partition coefficient (Wildman–Crippen LogP) is 10.9. The lowest BCUT2D eigenvalue weighted by Gasteiger charge is -2.45. The molecule has 0 N–H and O–H groups in total. The van der Waals surface area contributed by atoms with Gasteiger partial charge in [-0.3, -0.25) is 0 Å². The smallest absolute Gasteiger partial charge is 0.252 e. The van der Waals surface area contributed by atoms with Crippen molar-refractivity contribution in [3.8, 4) is 0 Å². The summed E-state index contributed by atoms with van der Waals surface area (Å²) in [5.74, 6) is 0.180. The highest BCUT2D eigenvalue weighted by Crippen LogP contribution is 2.60. The Labute approximate surface area is 299 Å². The third kappa shape index (κ3) is 4.00. The van der Waals surface area contributed by atoms with Crippen LogP contribution < -0.4 is 15.3 Å². The molecule has 2 unspecified atom stereocenters. The minimum Gasteiger partial charge on any atom is -0.314 e. The van der Waals surface area contributed by atoms with E-state index < -0.39 is 0 Å². The second-order valence-corrected chi connectivity index (χ2v) is 13.9. The van der Waals surface area contributed by atoms with Crippen molar-refractivity contribution < 1.29 is 0 Å². The average molecular weight is 649 g/mol. The summed E-state index contributed by atoms with van der Waals surface area (Å²) >= 11 is 0. The van der Waals surface area contributed by atoms with E-state index in [1.165, 1.54) is 83.9 Å². The molecule has 2 heterocycles. The molecule has 0 spiro atoms. The van der Waals surface area contributed by atoms with E-state index in [0.717, 1.165) is 0 Å². The standard InChI is InChI=1S/C48H33BN2/c1-5-18-32(19-6-1)42-36-26-13-15-28-38(36)44-47(42)50(34-22-9-3-10-23-34)40-30-17-31-41-46(40)49(44)45-39-29-16-14-27-37(39)43(33-20-7-2-8-21-33)48(45)51(41)35-24-11-4-12-25-35/h1-31,42-43H. The van der Waals surface area contributed by atoms with E-state index in [4.69, 9.17) is 0 Å². The Morgan fingerprint density at radius 3 is 1.16 bits per heavy atom. The maximum atomic E-state index is 2.59. The molecule has 3 heteroatoms. The summed E-state index contributed by atoms with van der Waals surface area (Å²) in [6, 6.07) is 69.7. The predicted molar refractivity (Wildman–Crippen MR) is 212 cm³/mol. The fourth-order valence-electron chi connectivity index (χ4n) is 9.57. The van der Waals surface area contributed by atoms with Gasteiger partial charge in [0.25, 0.3) is 6.71 Å². The van der Waals surface area contributed by atoms with E-state index in [-0.39, 0.29) is 18.5 Å². The summed E-state index contributed by atoms with van der Waals surface area (Å²) in [6.07, 6.45) is 0. The number of fused-ring (bicyclic) bond motifs is 6. The molecule has 2 atom stereocenters. The molecular formula is C48H33BN2. The van der Waals surface area contributed by atoms with Crippen molar-refractivity contribution in [1.82, 2.24) is 0 Å². The Bertz CT molecular complexity index is 2370. The Balaban J connectivity index is 1.31. The molecule has 238 valence electrons. The lowest BCUT2D eigenvalue weighted by molar-refractivity contribution is 0.923. The third-order valence-electron chi connectivity index (χ3n) is 11.4. The Morgan fingerprint density at radius 2 is 0.725 bits per heavy atom. The molecule has 51 heavy (non-hydrogen) atoms. The largest absolute Gasteiger partial charge is 0.314 e. The van der Waals surface area contributed by atoms with Crippen LogP contribution in [0.1, 0.15) is 45.2 Å². The van der Waals surface area contributed by atoms with Gasteiger partial charge in [-0.15, -0.1) is 0 Å². The third-order valence-corrected chi connectivity index (χ3v) is 11.4. The number of rotatable bonds is 4. The summed E-state index contributed by atoms with van der Waals surface area (Å²) in [5.41, 5.74) is 19.9. The zero-order valence-corrected chi connectivity index (χ0v) is 28.0. The van der Waals surface area contributed by atoms with Crippen molar-refractivity contribution in [2.24, 2.45) is 0 Å². The molecule has 2 aliphatic heterocycles. The molecule has 0 aromatic heterocycles. The SMILES string of the molecule is c1ccc(C2C3=C(B4C5=C(C(c6ccccc6)c6ccccc65)N(c5ccccc5)c5cccc(c54)N3c3ccccc3)c3ccccc32)cc1. The number of hydrogen-bond acceptors (Lipinski definition) is 2. The lowest BCUT2D eigenvalue weighted by atomic mass is 9.31. The van der Waals surface area contributed by atoms with Gasteiger partial charge in [-0.2, -0.15) is 0 Å². The van der Waals surface area contributed by atoms with Crippen molar-refractivity contribution in [2.75, 3.05) is 9.80 Å². The van der Waals surface area contributed by atoms with Gasteiger partial charge in [0.2, 0.25) is 0 Å². The van der Waals surface area contributed by atoms with Crippen molar-refractivity contribution in [2.45, 2.75) is 11.8 Å². The first-order chi connectivity index (χ1) is 25.4. The molecule has 0 bridgehead atoms. The summed E-state index contributed by atoms with van der Waals surface area (Å²) in [5, 5.41) is 0. The van der Waals surface area contributed by atoms with Gasteiger partial charge in [0.05, 0.1) is 0 Å². The monoisotopic (exact) mass is 648 g/mol. The number of allylic oxidation sites excluding steroid dienone is 2. The first-order valence-corrected chi connectivity index (χ1v) is 18.0. The van der Waals surface area contributed by atoms with Crippen LogP contribution in [0.4, 0.5) is 22.7 Å². The van der Waals surface area contributed by atoms with Crippen LogP contribution in [0.15, 0.2) is 199 Å². The van der Waals surface area contributed by atoms with Crippen LogP contribution in [-0.4, -0.2) is 6.71 Å². The summed E-state index contributed by atoms with van der Waals surface area (Å²) in [6.45, 7) is 0.0471. The zero-order chi connectivity index (χ0) is 33.5. The molecule has 0 fully saturated rings. The molecule has 0 radical (unpaired) electrons. The van der Waals surface area contributed by atoms with Crippen LogP contribution in [0.25, 0.3) is 10.9 Å². The maximum absolute atomic E-state index is 2.59. The highest BCUT2D eigenvalue weighted by atomic mass is 15.2. The van der Waals surface area contributed by atoms with Gasteiger partial charge in [-0.25, -0.2) is 0 Å². The second kappa shape index (κ2) is 11.1. The lowest BCUT2D eigenvalue weighted by Crippen LogP contribution is -2.49. The van der Waals surface area contributed by atoms with Crippen LogP contribution in [0, 0.1) is 0 Å². The van der Waals surface area contributed by atoms with Crippen molar-refractivity contribution in [3.05, 3.63) is 233 Å². The summed E-state index contributed by atoms with van der Waals surface area (Å²) < 4.78 is 0. The Morgan fingerprint density at radius 1 is 0.353 bits per heavy atom. The molecule has 4 aliphatic rings. The highest BCUT2D eigenvalue weighted by molar-refractivity contribution is 7.06. The zero-order valence-electron chi connectivity index (χ0n) is 28.0. The number of anilines is 4. The number of hydrogen-bond donors (Lipinski definition) is 0. The number of benzene rings is 7. The maximum Gasteiger partial charge on any atom is 0.252 e. The molecule has 7 aromatic rings. The second-order valence-electron chi connectivity index (χ2n) is 13.9. The molecule has 2 aliphatic carbocycles. The fraction of sp³-hybridized carbons (Fsp3) is 0.0417. The normalized spacial score (nSPS) is 17.9. The number of para-hydroxylation sites is 2. The Hall–Kier alpha value is -6.32. The molecule has 11 rings (SSSR count). The molecule has 7 aromatic carbocycles. The van der Waals surface area contributed by atoms with Gasteiger partial charge in [-0.1, -0.05) is 152 Å². The molecule has 0 saturated heterocycles. The van der Waals surface area contributed by atoms with E-state index in [1.54, 1.807) is 0 Å². The van der Waals surface area contributed by atoms with Crippen LogP contribution in [0.3, 0.4) is 0 Å². The first kappa shape index (κ1) is 28.5. The fourth-order valence-corrected chi connectivity index (χ4v) is 9.57. The van der Waals surface area contributed by atoms with Gasteiger partial charge >= 0.3 is 0 Å². The van der Waals surface area contributed by atoms with Gasteiger partial charge < -0.3 is 9.80 Å². The van der Waals surface area contributed by atoms with Crippen molar-refractivity contribution in [1.29, 1.82) is 0 Å². The minimum absolute atomic E-state index is 0.0471. The van der Waals surface area contributed by atoms with Gasteiger partial charge in [0.15, 0.2) is 0 Å². The van der Waals surface area contributed by atoms with E-state index >= 15 is 0 Å². The summed E-state index contributed by atoms with van der Waals surface area (Å²) in [4.78, 5) is 5.18. The average Bonchev–Trinajstić information content (AvgIpc) is 3.73. The van der Waals surface area contributed by atoms with Crippen LogP contribution in [0.2, 0.25) is 0 Å². The molecule has 0 amide bonds. The Kier molecular flexibility index (Phi) is 6.21. The van der Waals surface area contributed by atoms with Crippen molar-refractivity contribution >= 4 is 45.9 Å². The highest BCUT2D eigenvalue weighted by Gasteiger charge is 2.54. The molecule has 2 nitrogen and oxygen atoms in total. The van der Waals surface area contributed by atoms with Crippen LogP contribution >= 0.6 is 0 Å². The van der Waals surface area contributed by atoms with Crippen molar-refractivity contribution in [3.63, 3.8) is 0 Å². The van der Waals surface area contributed by atoms with Gasteiger partial charge in [-0.05, 0) is 86.2 Å². The van der Waals surface area contributed by atoms with E-state index in [0.29, 0.717) is 0 Å². The van der Waals surface area contributed by atoms with Gasteiger partial charge in [0.1, 0.15) is 0 Å². The number of nitrogens with zero attached hydrogens (tertiary/aromatic N) is 2. The van der Waals surface area contributed by atoms with E-state index in [2.05, 4.69) is 198 Å². The van der Waals surface area contributed by atoms with Gasteiger partial charge in [0, 0.05) is 46.0 Å². The molecular weight excluding hydrogens is 615 g/mol. The first-order valence-electron chi connectivity index (χ1n) is 18.0. The van der Waals surface area contributed by atoms with E-state index in [9.17, 15) is 0 Å². The van der Waals surface area contributed by atoms with Crippen LogP contribution in [-0.2, 0) is 0 Å². The van der Waals surface area contributed by atoms with E-state index in [1.807, 2.05) is 0 Å². The topological polar surface area (TPSA) is 6.48 Å². The molecule has 0 saturated carbocycles. The van der Waals surface area contributed by atoms with Crippen LogP contribution in [0.5, 0.6) is 0 Å². The minimum atomic E-state index is 0.0471. The summed E-state index contributed by atoms with van der Waals surface area (Å²) in [7, 11) is 0. The quantitative estimate of drug-likeness (QED) is 0.175.